The van der Waals surface area contributed by atoms with E-state index in [1.165, 1.54) is 24.8 Å². The van der Waals surface area contributed by atoms with E-state index in [1.807, 2.05) is 6.07 Å². The van der Waals surface area contributed by atoms with Gasteiger partial charge in [-0.15, -0.1) is 0 Å². The Morgan fingerprint density at radius 3 is 2.89 bits per heavy atom. The number of fused-ring (bicyclic) bond motifs is 1. The summed E-state index contributed by atoms with van der Waals surface area (Å²) in [6.07, 6.45) is 4.03. The first kappa shape index (κ1) is 12.8. The Bertz CT molecular complexity index is 446. The van der Waals surface area contributed by atoms with Crippen LogP contribution in [0.4, 0.5) is 0 Å². The molecule has 1 aromatic rings. The molecule has 0 radical (unpaired) electrons. The summed E-state index contributed by atoms with van der Waals surface area (Å²) in [6, 6.07) is 6.87. The van der Waals surface area contributed by atoms with Crippen molar-refractivity contribution in [2.45, 2.75) is 45.7 Å². The maximum absolute atomic E-state index is 5.42. The fourth-order valence-electron chi connectivity index (χ4n) is 3.17. The van der Waals surface area contributed by atoms with Crippen molar-refractivity contribution in [3.8, 4) is 11.5 Å². The number of hydrogen-bond acceptors (Lipinski definition) is 3. The molecule has 1 aromatic carbocycles. The number of hydrogen-bond donors (Lipinski definition) is 1. The Morgan fingerprint density at radius 1 is 1.16 bits per heavy atom. The predicted molar refractivity (Wildman–Crippen MR) is 75.4 cm³/mol. The van der Waals surface area contributed by atoms with Crippen molar-refractivity contribution in [1.82, 2.24) is 5.32 Å². The lowest BCUT2D eigenvalue weighted by atomic mass is 9.78. The highest BCUT2D eigenvalue weighted by Crippen LogP contribution is 2.33. The van der Waals surface area contributed by atoms with E-state index in [-0.39, 0.29) is 0 Å². The lowest BCUT2D eigenvalue weighted by Crippen LogP contribution is -2.40. The molecule has 1 saturated carbocycles. The summed E-state index contributed by atoms with van der Waals surface area (Å²) >= 11 is 0. The SMILES string of the molecule is C[C@@H]1[C@H](C)CCC[C@@H]1NCc1ccc2c(c1)OCO2. The molecule has 3 rings (SSSR count). The quantitative estimate of drug-likeness (QED) is 0.905. The van der Waals surface area contributed by atoms with Gasteiger partial charge in [0.25, 0.3) is 0 Å². The minimum atomic E-state index is 0.351. The van der Waals surface area contributed by atoms with Gasteiger partial charge in [0.2, 0.25) is 6.79 Å². The molecule has 104 valence electrons. The van der Waals surface area contributed by atoms with Crippen LogP contribution in [0.3, 0.4) is 0 Å². The number of benzene rings is 1. The van der Waals surface area contributed by atoms with Crippen LogP contribution in [0.5, 0.6) is 11.5 Å². The standard InChI is InChI=1S/C16H23NO2/c1-11-4-3-5-14(12(11)2)17-9-13-6-7-15-16(8-13)19-10-18-15/h6-8,11-12,14,17H,3-5,9-10H2,1-2H3/t11-,12-,14+/m1/s1. The molecule has 0 unspecified atom stereocenters. The Balaban J connectivity index is 1.60. The molecule has 3 atom stereocenters. The van der Waals surface area contributed by atoms with Gasteiger partial charge in [0.15, 0.2) is 11.5 Å². The van der Waals surface area contributed by atoms with Crippen molar-refractivity contribution < 1.29 is 9.47 Å². The van der Waals surface area contributed by atoms with Crippen LogP contribution >= 0.6 is 0 Å². The van der Waals surface area contributed by atoms with Crippen LogP contribution in [0, 0.1) is 11.8 Å². The number of rotatable bonds is 3. The van der Waals surface area contributed by atoms with E-state index in [4.69, 9.17) is 9.47 Å². The van der Waals surface area contributed by atoms with Crippen LogP contribution in [0.1, 0.15) is 38.7 Å². The molecule has 1 fully saturated rings. The maximum atomic E-state index is 5.42. The first-order valence-electron chi connectivity index (χ1n) is 7.36. The summed E-state index contributed by atoms with van der Waals surface area (Å²) in [7, 11) is 0. The van der Waals surface area contributed by atoms with Crippen LogP contribution < -0.4 is 14.8 Å². The fourth-order valence-corrected chi connectivity index (χ4v) is 3.17. The highest BCUT2D eigenvalue weighted by molar-refractivity contribution is 5.44. The topological polar surface area (TPSA) is 30.5 Å². The minimum Gasteiger partial charge on any atom is -0.454 e. The normalized spacial score (nSPS) is 29.5. The molecule has 0 saturated heterocycles. The molecule has 3 heteroatoms. The third kappa shape index (κ3) is 2.71. The summed E-state index contributed by atoms with van der Waals surface area (Å²) in [5, 5.41) is 3.71. The fraction of sp³-hybridized carbons (Fsp3) is 0.625. The lowest BCUT2D eigenvalue weighted by Gasteiger charge is -2.34. The van der Waals surface area contributed by atoms with Gasteiger partial charge in [0.1, 0.15) is 0 Å². The van der Waals surface area contributed by atoms with Gasteiger partial charge in [-0.2, -0.15) is 0 Å². The molecule has 0 spiro atoms. The summed E-state index contributed by atoms with van der Waals surface area (Å²) in [5.74, 6) is 3.35. The van der Waals surface area contributed by atoms with E-state index in [2.05, 4.69) is 31.3 Å². The second kappa shape index (κ2) is 5.41. The molecule has 3 nitrogen and oxygen atoms in total. The summed E-state index contributed by atoms with van der Waals surface area (Å²) in [5.41, 5.74) is 1.27. The summed E-state index contributed by atoms with van der Waals surface area (Å²) in [4.78, 5) is 0. The van der Waals surface area contributed by atoms with Gasteiger partial charge in [-0.1, -0.05) is 32.8 Å². The van der Waals surface area contributed by atoms with E-state index in [9.17, 15) is 0 Å². The molecule has 0 bridgehead atoms. The zero-order valence-corrected chi connectivity index (χ0v) is 11.8. The van der Waals surface area contributed by atoms with Gasteiger partial charge in [0, 0.05) is 12.6 Å². The Morgan fingerprint density at radius 2 is 2.00 bits per heavy atom. The highest BCUT2D eigenvalue weighted by Gasteiger charge is 2.26. The average molecular weight is 261 g/mol. The maximum Gasteiger partial charge on any atom is 0.231 e. The van der Waals surface area contributed by atoms with Gasteiger partial charge < -0.3 is 14.8 Å². The zero-order valence-electron chi connectivity index (χ0n) is 11.8. The van der Waals surface area contributed by atoms with Crippen molar-refractivity contribution >= 4 is 0 Å². The number of ether oxygens (including phenoxy) is 2. The number of nitrogens with one attached hydrogen (secondary N) is 1. The van der Waals surface area contributed by atoms with E-state index >= 15 is 0 Å². The Kier molecular flexibility index (Phi) is 3.65. The zero-order chi connectivity index (χ0) is 13.2. The van der Waals surface area contributed by atoms with Crippen molar-refractivity contribution in [3.63, 3.8) is 0 Å². The van der Waals surface area contributed by atoms with Gasteiger partial charge in [0.05, 0.1) is 0 Å². The molecule has 1 heterocycles. The average Bonchev–Trinajstić information content (AvgIpc) is 2.88. The van der Waals surface area contributed by atoms with E-state index in [0.29, 0.717) is 12.8 Å². The third-order valence-electron chi connectivity index (χ3n) is 4.71. The molecule has 1 N–H and O–H groups in total. The minimum absolute atomic E-state index is 0.351. The Hall–Kier alpha value is -1.22. The highest BCUT2D eigenvalue weighted by atomic mass is 16.7. The lowest BCUT2D eigenvalue weighted by molar-refractivity contribution is 0.174. The monoisotopic (exact) mass is 261 g/mol. The first-order chi connectivity index (χ1) is 9.24. The van der Waals surface area contributed by atoms with Crippen molar-refractivity contribution in [2.24, 2.45) is 11.8 Å². The smallest absolute Gasteiger partial charge is 0.231 e. The molecule has 1 aliphatic carbocycles. The van der Waals surface area contributed by atoms with Crippen LogP contribution in [0.15, 0.2) is 18.2 Å². The largest absolute Gasteiger partial charge is 0.454 e. The molecular weight excluding hydrogens is 238 g/mol. The van der Waals surface area contributed by atoms with Crippen molar-refractivity contribution in [1.29, 1.82) is 0 Å². The van der Waals surface area contributed by atoms with Gasteiger partial charge >= 0.3 is 0 Å². The Labute approximate surface area is 115 Å². The van der Waals surface area contributed by atoms with E-state index in [1.54, 1.807) is 0 Å². The van der Waals surface area contributed by atoms with Crippen LogP contribution in [-0.4, -0.2) is 12.8 Å². The predicted octanol–water partition coefficient (Wildman–Crippen LogP) is 3.33. The van der Waals surface area contributed by atoms with Crippen molar-refractivity contribution in [3.05, 3.63) is 23.8 Å². The van der Waals surface area contributed by atoms with E-state index < -0.39 is 0 Å². The van der Waals surface area contributed by atoms with Crippen LogP contribution in [0.25, 0.3) is 0 Å². The van der Waals surface area contributed by atoms with Gasteiger partial charge in [-0.25, -0.2) is 0 Å². The van der Waals surface area contributed by atoms with Gasteiger partial charge in [-0.05, 0) is 36.0 Å². The van der Waals surface area contributed by atoms with Crippen molar-refractivity contribution in [2.75, 3.05) is 6.79 Å². The third-order valence-corrected chi connectivity index (χ3v) is 4.71. The first-order valence-corrected chi connectivity index (χ1v) is 7.36. The van der Waals surface area contributed by atoms with E-state index in [0.717, 1.165) is 29.9 Å². The molecule has 0 aromatic heterocycles. The second-order valence-corrected chi connectivity index (χ2v) is 5.94. The molecular formula is C16H23NO2. The second-order valence-electron chi connectivity index (χ2n) is 5.94. The molecule has 2 aliphatic rings. The van der Waals surface area contributed by atoms with Crippen LogP contribution in [-0.2, 0) is 6.54 Å². The molecule has 0 amide bonds. The summed E-state index contributed by atoms with van der Waals surface area (Å²) in [6.45, 7) is 6.02. The van der Waals surface area contributed by atoms with Crippen LogP contribution in [0.2, 0.25) is 0 Å². The van der Waals surface area contributed by atoms with Gasteiger partial charge in [-0.3, -0.25) is 0 Å². The molecule has 19 heavy (non-hydrogen) atoms. The summed E-state index contributed by atoms with van der Waals surface area (Å²) < 4.78 is 10.8. The molecule has 1 aliphatic heterocycles.